The summed E-state index contributed by atoms with van der Waals surface area (Å²) in [4.78, 5) is 15.0. The lowest BCUT2D eigenvalue weighted by Gasteiger charge is -2.25. The monoisotopic (exact) mass is 268 g/mol. The quantitative estimate of drug-likeness (QED) is 0.805. The summed E-state index contributed by atoms with van der Waals surface area (Å²) in [6.45, 7) is 2.22. The molecule has 1 fully saturated rings. The third-order valence-corrected chi connectivity index (χ3v) is 4.11. The molecule has 1 atom stereocenters. The zero-order chi connectivity index (χ0) is 12.8. The fourth-order valence-electron chi connectivity index (χ4n) is 2.29. The lowest BCUT2D eigenvalue weighted by Crippen LogP contribution is -2.43. The molecule has 0 bridgehead atoms. The van der Waals surface area contributed by atoms with Crippen molar-refractivity contribution in [1.82, 2.24) is 10.2 Å². The number of amides is 1. The number of thiophene rings is 1. The number of nitrogens with zero attached hydrogens (tertiary/aromatic N) is 1. The van der Waals surface area contributed by atoms with E-state index in [1.807, 2.05) is 17.5 Å². The third-order valence-electron chi connectivity index (χ3n) is 3.23. The first-order valence-electron chi connectivity index (χ1n) is 6.44. The van der Waals surface area contributed by atoms with E-state index in [0.717, 1.165) is 17.8 Å². The Morgan fingerprint density at radius 2 is 2.50 bits per heavy atom. The van der Waals surface area contributed by atoms with Gasteiger partial charge in [-0.15, -0.1) is 11.3 Å². The summed E-state index contributed by atoms with van der Waals surface area (Å²) >= 11 is 1.60. The molecule has 0 aliphatic carbocycles. The first-order valence-corrected chi connectivity index (χ1v) is 7.32. The number of rotatable bonds is 6. The van der Waals surface area contributed by atoms with Gasteiger partial charge in [0.25, 0.3) is 0 Å². The average molecular weight is 268 g/mol. The molecular weight excluding hydrogens is 248 g/mol. The van der Waals surface area contributed by atoms with Gasteiger partial charge in [0.15, 0.2) is 0 Å². The van der Waals surface area contributed by atoms with Crippen LogP contribution < -0.4 is 5.32 Å². The predicted molar refractivity (Wildman–Crippen MR) is 72.7 cm³/mol. The van der Waals surface area contributed by atoms with Crippen molar-refractivity contribution < 1.29 is 9.90 Å². The van der Waals surface area contributed by atoms with E-state index in [2.05, 4.69) is 5.32 Å². The van der Waals surface area contributed by atoms with Crippen LogP contribution in [0.4, 0.5) is 0 Å². The molecule has 2 rings (SSSR count). The maximum atomic E-state index is 12.2. The van der Waals surface area contributed by atoms with Gasteiger partial charge in [-0.25, -0.2) is 0 Å². The molecule has 2 N–H and O–H groups in total. The van der Waals surface area contributed by atoms with Crippen molar-refractivity contribution in [3.63, 3.8) is 0 Å². The lowest BCUT2D eigenvalue weighted by atomic mass is 10.2. The molecule has 0 radical (unpaired) electrons. The van der Waals surface area contributed by atoms with Crippen molar-refractivity contribution in [3.05, 3.63) is 22.4 Å². The number of carbonyl (C=O) groups is 1. The molecule has 0 saturated carbocycles. The third kappa shape index (κ3) is 3.80. The second kappa shape index (κ2) is 6.87. The van der Waals surface area contributed by atoms with Crippen LogP contribution in [0.15, 0.2) is 17.5 Å². The van der Waals surface area contributed by atoms with E-state index in [1.165, 1.54) is 6.42 Å². The normalized spacial score (nSPS) is 19.1. The smallest absolute Gasteiger partial charge is 0.227 e. The highest BCUT2D eigenvalue weighted by molar-refractivity contribution is 7.10. The van der Waals surface area contributed by atoms with Gasteiger partial charge in [-0.3, -0.25) is 4.79 Å². The fraction of sp³-hybridized carbons (Fsp3) is 0.615. The molecule has 1 aromatic rings. The Labute approximate surface area is 112 Å². The maximum Gasteiger partial charge on any atom is 0.227 e. The van der Waals surface area contributed by atoms with Gasteiger partial charge >= 0.3 is 0 Å². The number of hydrogen-bond donors (Lipinski definition) is 2. The van der Waals surface area contributed by atoms with E-state index < -0.39 is 0 Å². The van der Waals surface area contributed by atoms with E-state index in [4.69, 9.17) is 5.11 Å². The van der Waals surface area contributed by atoms with Crippen molar-refractivity contribution >= 4 is 17.2 Å². The Morgan fingerprint density at radius 3 is 3.11 bits per heavy atom. The topological polar surface area (TPSA) is 52.6 Å². The molecule has 5 heteroatoms. The molecule has 1 aliphatic rings. The van der Waals surface area contributed by atoms with Crippen LogP contribution in [0.2, 0.25) is 0 Å². The van der Waals surface area contributed by atoms with E-state index in [0.29, 0.717) is 25.6 Å². The Hall–Kier alpha value is -0.910. The number of nitrogens with one attached hydrogen (secondary N) is 1. The van der Waals surface area contributed by atoms with Crippen molar-refractivity contribution in [3.8, 4) is 0 Å². The van der Waals surface area contributed by atoms with Gasteiger partial charge < -0.3 is 15.3 Å². The van der Waals surface area contributed by atoms with Crippen molar-refractivity contribution in [1.29, 1.82) is 0 Å². The first kappa shape index (κ1) is 13.5. The Kier molecular flexibility index (Phi) is 5.16. The Balaban J connectivity index is 1.88. The largest absolute Gasteiger partial charge is 0.395 e. The van der Waals surface area contributed by atoms with E-state index in [1.54, 1.807) is 16.2 Å². The minimum absolute atomic E-state index is 0.0307. The van der Waals surface area contributed by atoms with E-state index >= 15 is 0 Å². The Morgan fingerprint density at radius 1 is 1.61 bits per heavy atom. The molecule has 1 saturated heterocycles. The van der Waals surface area contributed by atoms with Crippen LogP contribution in [0.1, 0.15) is 17.7 Å². The summed E-state index contributed by atoms with van der Waals surface area (Å²) in [6, 6.07) is 4.33. The van der Waals surface area contributed by atoms with E-state index in [9.17, 15) is 4.79 Å². The molecule has 1 aliphatic heterocycles. The summed E-state index contributed by atoms with van der Waals surface area (Å²) in [6.07, 6.45) is 2.75. The molecule has 1 unspecified atom stereocenters. The van der Waals surface area contributed by atoms with Gasteiger partial charge in [0.2, 0.25) is 5.91 Å². The first-order chi connectivity index (χ1) is 8.79. The standard InChI is InChI=1S/C13H20N2O2S/c16-7-6-15(10-11-3-1-5-14-11)13(17)9-12-4-2-8-18-12/h2,4,8,11,14,16H,1,3,5-7,9-10H2. The van der Waals surface area contributed by atoms with Crippen LogP contribution in [0, 0.1) is 0 Å². The molecule has 0 aromatic carbocycles. The summed E-state index contributed by atoms with van der Waals surface area (Å²) in [7, 11) is 0. The molecule has 1 aromatic heterocycles. The van der Waals surface area contributed by atoms with Crippen LogP contribution in [0.25, 0.3) is 0 Å². The highest BCUT2D eigenvalue weighted by Gasteiger charge is 2.21. The number of hydrogen-bond acceptors (Lipinski definition) is 4. The molecule has 100 valence electrons. The van der Waals surface area contributed by atoms with Crippen LogP contribution in [-0.2, 0) is 11.2 Å². The molecular formula is C13H20N2O2S. The summed E-state index contributed by atoms with van der Waals surface area (Å²) in [5, 5.41) is 14.4. The van der Waals surface area contributed by atoms with Gasteiger partial charge in [-0.2, -0.15) is 0 Å². The van der Waals surface area contributed by atoms with Gasteiger partial charge in [0, 0.05) is 24.0 Å². The number of aliphatic hydroxyl groups is 1. The lowest BCUT2D eigenvalue weighted by molar-refractivity contribution is -0.131. The minimum Gasteiger partial charge on any atom is -0.395 e. The molecule has 1 amide bonds. The van der Waals surface area contributed by atoms with Crippen molar-refractivity contribution in [2.24, 2.45) is 0 Å². The van der Waals surface area contributed by atoms with Crippen molar-refractivity contribution in [2.45, 2.75) is 25.3 Å². The second-order valence-electron chi connectivity index (χ2n) is 4.61. The van der Waals surface area contributed by atoms with Crippen LogP contribution in [0.5, 0.6) is 0 Å². The summed E-state index contributed by atoms with van der Waals surface area (Å²) in [5.41, 5.74) is 0. The number of carbonyl (C=O) groups excluding carboxylic acids is 1. The van der Waals surface area contributed by atoms with Crippen LogP contribution in [-0.4, -0.2) is 48.2 Å². The molecule has 4 nitrogen and oxygen atoms in total. The van der Waals surface area contributed by atoms with Gasteiger partial charge in [-0.05, 0) is 30.8 Å². The number of aliphatic hydroxyl groups excluding tert-OH is 1. The van der Waals surface area contributed by atoms with Crippen LogP contribution in [0.3, 0.4) is 0 Å². The van der Waals surface area contributed by atoms with Gasteiger partial charge in [-0.1, -0.05) is 6.07 Å². The highest BCUT2D eigenvalue weighted by atomic mass is 32.1. The minimum atomic E-state index is 0.0307. The molecule has 0 spiro atoms. The second-order valence-corrected chi connectivity index (χ2v) is 5.65. The SMILES string of the molecule is O=C(Cc1cccs1)N(CCO)CC1CCCN1. The van der Waals surface area contributed by atoms with Gasteiger partial charge in [0.05, 0.1) is 13.0 Å². The average Bonchev–Trinajstić information content (AvgIpc) is 3.01. The zero-order valence-electron chi connectivity index (χ0n) is 10.5. The summed E-state index contributed by atoms with van der Waals surface area (Å²) in [5.74, 6) is 0.111. The van der Waals surface area contributed by atoms with E-state index in [-0.39, 0.29) is 12.5 Å². The fourth-order valence-corrected chi connectivity index (χ4v) is 2.99. The summed E-state index contributed by atoms with van der Waals surface area (Å²) < 4.78 is 0. The molecule has 2 heterocycles. The highest BCUT2D eigenvalue weighted by Crippen LogP contribution is 2.12. The van der Waals surface area contributed by atoms with Crippen LogP contribution >= 0.6 is 11.3 Å². The van der Waals surface area contributed by atoms with Gasteiger partial charge in [0.1, 0.15) is 0 Å². The zero-order valence-corrected chi connectivity index (χ0v) is 11.3. The Bertz CT molecular complexity index is 361. The molecule has 18 heavy (non-hydrogen) atoms. The van der Waals surface area contributed by atoms with Crippen molar-refractivity contribution in [2.75, 3.05) is 26.2 Å². The maximum absolute atomic E-state index is 12.2. The predicted octanol–water partition coefficient (Wildman–Crippen LogP) is 0.863.